The quantitative estimate of drug-likeness (QED) is 0.862. The van der Waals surface area contributed by atoms with E-state index in [1.54, 1.807) is 11.3 Å². The molecule has 6 nitrogen and oxygen atoms in total. The van der Waals surface area contributed by atoms with Crippen molar-refractivity contribution in [1.29, 1.82) is 0 Å². The highest BCUT2D eigenvalue weighted by atomic mass is 32.1. The van der Waals surface area contributed by atoms with Gasteiger partial charge in [0.25, 0.3) is 0 Å². The van der Waals surface area contributed by atoms with Crippen LogP contribution in [0.15, 0.2) is 11.6 Å². The molecule has 2 aliphatic heterocycles. The summed E-state index contributed by atoms with van der Waals surface area (Å²) in [7, 11) is 0. The normalized spacial score (nSPS) is 32.0. The fraction of sp³-hybridized carbons (Fsp3) is 0.812. The third-order valence-electron chi connectivity index (χ3n) is 4.31. The number of aromatic nitrogens is 1. The van der Waals surface area contributed by atoms with Crippen molar-refractivity contribution in [1.82, 2.24) is 14.8 Å². The molecule has 0 unspecified atom stereocenters. The lowest BCUT2D eigenvalue weighted by atomic mass is 10.2. The number of aliphatic hydroxyl groups excluding tert-OH is 1. The minimum absolute atomic E-state index is 0.0411. The first kappa shape index (κ1) is 17.3. The van der Waals surface area contributed by atoms with Crippen molar-refractivity contribution in [3.8, 4) is 0 Å². The van der Waals surface area contributed by atoms with E-state index in [9.17, 15) is 5.11 Å². The number of thiazole rings is 1. The Balaban J connectivity index is 1.46. The number of nitrogens with zero attached hydrogens (tertiary/aromatic N) is 3. The summed E-state index contributed by atoms with van der Waals surface area (Å²) in [6.07, 6.45) is 1.99. The second-order valence-electron chi connectivity index (χ2n) is 6.62. The Morgan fingerprint density at radius 2 is 2.00 bits per heavy atom. The van der Waals surface area contributed by atoms with Crippen molar-refractivity contribution in [3.63, 3.8) is 0 Å². The van der Waals surface area contributed by atoms with E-state index in [0.717, 1.165) is 31.2 Å². The van der Waals surface area contributed by atoms with Gasteiger partial charge >= 0.3 is 0 Å². The highest BCUT2D eigenvalue weighted by Gasteiger charge is 2.27. The summed E-state index contributed by atoms with van der Waals surface area (Å²) < 4.78 is 11.6. The molecule has 3 heterocycles. The minimum atomic E-state index is -0.345. The molecule has 4 atom stereocenters. The molecule has 0 bridgehead atoms. The van der Waals surface area contributed by atoms with Gasteiger partial charge in [0.05, 0.1) is 24.9 Å². The van der Waals surface area contributed by atoms with E-state index in [-0.39, 0.29) is 24.4 Å². The van der Waals surface area contributed by atoms with Gasteiger partial charge in [0, 0.05) is 50.8 Å². The van der Waals surface area contributed by atoms with Crippen molar-refractivity contribution >= 4 is 11.3 Å². The van der Waals surface area contributed by atoms with Crippen LogP contribution in [0.3, 0.4) is 0 Å². The lowest BCUT2D eigenvalue weighted by Crippen LogP contribution is -2.50. The summed E-state index contributed by atoms with van der Waals surface area (Å²) in [4.78, 5) is 8.94. The van der Waals surface area contributed by atoms with Crippen LogP contribution in [0.4, 0.5) is 0 Å². The maximum absolute atomic E-state index is 10.5. The van der Waals surface area contributed by atoms with E-state index in [4.69, 9.17) is 9.47 Å². The third kappa shape index (κ3) is 4.95. The number of rotatable bonds is 5. The molecule has 0 amide bonds. The van der Waals surface area contributed by atoms with E-state index < -0.39 is 0 Å². The molecule has 0 radical (unpaired) electrons. The van der Waals surface area contributed by atoms with Gasteiger partial charge in [0.15, 0.2) is 0 Å². The Labute approximate surface area is 142 Å². The van der Waals surface area contributed by atoms with Gasteiger partial charge in [0.1, 0.15) is 11.1 Å². The Kier molecular flexibility index (Phi) is 6.01. The predicted molar refractivity (Wildman–Crippen MR) is 89.7 cm³/mol. The largest absolute Gasteiger partial charge is 0.390 e. The van der Waals surface area contributed by atoms with Crippen LogP contribution in [0.2, 0.25) is 0 Å². The van der Waals surface area contributed by atoms with Crippen LogP contribution in [0.5, 0.6) is 0 Å². The highest BCUT2D eigenvalue weighted by Crippen LogP contribution is 2.24. The van der Waals surface area contributed by atoms with E-state index in [2.05, 4.69) is 28.6 Å². The van der Waals surface area contributed by atoms with Crippen LogP contribution < -0.4 is 0 Å². The monoisotopic (exact) mass is 341 g/mol. The Morgan fingerprint density at radius 1 is 1.26 bits per heavy atom. The first-order valence-corrected chi connectivity index (χ1v) is 9.27. The van der Waals surface area contributed by atoms with Crippen LogP contribution in [0.25, 0.3) is 0 Å². The highest BCUT2D eigenvalue weighted by molar-refractivity contribution is 7.09. The first-order valence-electron chi connectivity index (χ1n) is 8.39. The number of ether oxygens (including phenoxy) is 2. The minimum Gasteiger partial charge on any atom is -0.390 e. The fourth-order valence-electron chi connectivity index (χ4n) is 3.50. The van der Waals surface area contributed by atoms with Crippen LogP contribution in [-0.4, -0.2) is 84.1 Å². The van der Waals surface area contributed by atoms with E-state index in [1.807, 2.05) is 11.6 Å². The van der Waals surface area contributed by atoms with Gasteiger partial charge in [-0.3, -0.25) is 9.80 Å². The number of hydrogen-bond donors (Lipinski definition) is 1. The van der Waals surface area contributed by atoms with Crippen LogP contribution in [-0.2, 0) is 9.47 Å². The zero-order valence-electron chi connectivity index (χ0n) is 13.9. The molecule has 2 aliphatic rings. The maximum atomic E-state index is 10.5. The van der Waals surface area contributed by atoms with Gasteiger partial charge in [0.2, 0.25) is 0 Å². The number of aliphatic hydroxyl groups is 1. The third-order valence-corrected chi connectivity index (χ3v) is 5.18. The average Bonchev–Trinajstić information content (AvgIpc) is 3.00. The molecule has 0 aliphatic carbocycles. The maximum Gasteiger partial charge on any atom is 0.123 e. The smallest absolute Gasteiger partial charge is 0.123 e. The van der Waals surface area contributed by atoms with Gasteiger partial charge < -0.3 is 14.6 Å². The van der Waals surface area contributed by atoms with E-state index >= 15 is 0 Å². The SMILES string of the molecule is C[C@@H]1CN(C[C@H](O)CN2CCO[C@H](c3nccs3)C2)C[C@@H](C)O1. The number of hydrogen-bond acceptors (Lipinski definition) is 7. The first-order chi connectivity index (χ1) is 11.1. The zero-order chi connectivity index (χ0) is 16.2. The lowest BCUT2D eigenvalue weighted by molar-refractivity contribution is -0.0825. The second kappa shape index (κ2) is 8.00. The molecule has 1 aromatic rings. The summed E-state index contributed by atoms with van der Waals surface area (Å²) in [5.41, 5.74) is 0. The Morgan fingerprint density at radius 3 is 2.70 bits per heavy atom. The fourth-order valence-corrected chi connectivity index (χ4v) is 4.18. The second-order valence-corrected chi connectivity index (χ2v) is 7.55. The summed E-state index contributed by atoms with van der Waals surface area (Å²) in [6.45, 7) is 9.74. The molecule has 0 aromatic carbocycles. The lowest BCUT2D eigenvalue weighted by Gasteiger charge is -2.38. The van der Waals surface area contributed by atoms with Crippen LogP contribution in [0.1, 0.15) is 25.0 Å². The van der Waals surface area contributed by atoms with E-state index in [1.165, 1.54) is 0 Å². The van der Waals surface area contributed by atoms with Crippen molar-refractivity contribution in [2.45, 2.75) is 38.3 Å². The van der Waals surface area contributed by atoms with Gasteiger partial charge in [-0.25, -0.2) is 4.98 Å². The van der Waals surface area contributed by atoms with Crippen molar-refractivity contribution < 1.29 is 14.6 Å². The molecule has 0 saturated carbocycles. The Hall–Kier alpha value is -0.570. The van der Waals surface area contributed by atoms with Crippen molar-refractivity contribution in [2.75, 3.05) is 45.9 Å². The van der Waals surface area contributed by atoms with Crippen molar-refractivity contribution in [2.24, 2.45) is 0 Å². The van der Waals surface area contributed by atoms with Crippen molar-refractivity contribution in [3.05, 3.63) is 16.6 Å². The molecule has 23 heavy (non-hydrogen) atoms. The molecule has 3 rings (SSSR count). The van der Waals surface area contributed by atoms with Crippen LogP contribution >= 0.6 is 11.3 Å². The molecule has 1 N–H and O–H groups in total. The predicted octanol–water partition coefficient (Wildman–Crippen LogP) is 0.987. The Bertz CT molecular complexity index is 463. The summed E-state index contributed by atoms with van der Waals surface area (Å²) in [5, 5.41) is 13.5. The standard InChI is InChI=1S/C16H27N3O3S/c1-12-7-19(8-13(2)22-12)10-14(20)9-18-4-5-21-15(11-18)16-17-3-6-23-16/h3,6,12-15,20H,4-5,7-11H2,1-2H3/t12-,13-,14-,15+/m1/s1. The van der Waals surface area contributed by atoms with Gasteiger partial charge in [-0.1, -0.05) is 0 Å². The van der Waals surface area contributed by atoms with Gasteiger partial charge in [-0.05, 0) is 13.8 Å². The molecule has 130 valence electrons. The molecule has 2 saturated heterocycles. The summed E-state index contributed by atoms with van der Waals surface area (Å²) >= 11 is 1.63. The zero-order valence-corrected chi connectivity index (χ0v) is 14.7. The molecule has 2 fully saturated rings. The number of morpholine rings is 2. The van der Waals surface area contributed by atoms with E-state index in [0.29, 0.717) is 19.7 Å². The topological polar surface area (TPSA) is 58.1 Å². The van der Waals surface area contributed by atoms with Gasteiger partial charge in [-0.15, -0.1) is 11.3 Å². The molecular weight excluding hydrogens is 314 g/mol. The molecule has 0 spiro atoms. The average molecular weight is 341 g/mol. The van der Waals surface area contributed by atoms with Crippen LogP contribution in [0, 0.1) is 0 Å². The molecule has 7 heteroatoms. The number of β-amino-alcohol motifs (C(OH)–C–C–N with tert-alkyl or cyclic N) is 1. The van der Waals surface area contributed by atoms with Gasteiger partial charge in [-0.2, -0.15) is 0 Å². The molecular formula is C16H27N3O3S. The summed E-state index contributed by atoms with van der Waals surface area (Å²) in [5.74, 6) is 0. The molecule has 1 aromatic heterocycles. The summed E-state index contributed by atoms with van der Waals surface area (Å²) in [6, 6.07) is 0.